The summed E-state index contributed by atoms with van der Waals surface area (Å²) in [6.07, 6.45) is 0. The third-order valence-corrected chi connectivity index (χ3v) is 1.31. The van der Waals surface area contributed by atoms with Crippen LogP contribution in [-0.4, -0.2) is 16.2 Å². The number of phenols is 1. The second kappa shape index (κ2) is 2.69. The van der Waals surface area contributed by atoms with E-state index < -0.39 is 23.1 Å². The van der Waals surface area contributed by atoms with Gasteiger partial charge in [0.15, 0.2) is 0 Å². The van der Waals surface area contributed by atoms with Gasteiger partial charge in [0.05, 0.1) is 0 Å². The van der Waals surface area contributed by atoms with Gasteiger partial charge in [0.2, 0.25) is 0 Å². The zero-order valence-corrected chi connectivity index (χ0v) is 5.91. The van der Waals surface area contributed by atoms with Crippen LogP contribution in [0.15, 0.2) is 12.1 Å². The Hall–Kier alpha value is -1.78. The van der Waals surface area contributed by atoms with Crippen LogP contribution in [0.1, 0.15) is 10.4 Å². The maximum atomic E-state index is 12.7. The molecule has 64 valence electrons. The quantitative estimate of drug-likeness (QED) is 0.546. The number of carboxylic acid groups (broad SMARTS) is 1. The number of nitrogen functional groups attached to an aromatic ring is 1. The van der Waals surface area contributed by atoms with Crippen molar-refractivity contribution in [2.45, 2.75) is 0 Å². The standard InChI is InChI=1S/C7H6FNO3/c8-4-1-3(9)2-5(10)6(4)7(11)12/h1-2,10H,9H2,(H,11,12). The van der Waals surface area contributed by atoms with Crippen molar-refractivity contribution in [1.29, 1.82) is 0 Å². The number of anilines is 1. The van der Waals surface area contributed by atoms with E-state index in [1.165, 1.54) is 0 Å². The van der Waals surface area contributed by atoms with Gasteiger partial charge in [-0.05, 0) is 6.07 Å². The summed E-state index contributed by atoms with van der Waals surface area (Å²) in [5, 5.41) is 17.3. The van der Waals surface area contributed by atoms with Gasteiger partial charge >= 0.3 is 5.97 Å². The first-order chi connectivity index (χ1) is 5.52. The molecule has 1 rings (SSSR count). The second-order valence-electron chi connectivity index (χ2n) is 2.20. The van der Waals surface area contributed by atoms with Crippen LogP contribution in [0.25, 0.3) is 0 Å². The summed E-state index contributed by atoms with van der Waals surface area (Å²) >= 11 is 0. The molecule has 0 spiro atoms. The average Bonchev–Trinajstić information content (AvgIpc) is 1.82. The van der Waals surface area contributed by atoms with Crippen LogP contribution in [0.2, 0.25) is 0 Å². The van der Waals surface area contributed by atoms with Crippen molar-refractivity contribution in [3.8, 4) is 5.75 Å². The number of rotatable bonds is 1. The van der Waals surface area contributed by atoms with Crippen molar-refractivity contribution >= 4 is 11.7 Å². The Kier molecular flexibility index (Phi) is 1.86. The molecule has 0 saturated carbocycles. The zero-order valence-electron chi connectivity index (χ0n) is 5.91. The molecule has 0 radical (unpaired) electrons. The topological polar surface area (TPSA) is 83.5 Å². The Labute approximate surface area is 67.1 Å². The van der Waals surface area contributed by atoms with Gasteiger partial charge in [0.1, 0.15) is 17.1 Å². The highest BCUT2D eigenvalue weighted by atomic mass is 19.1. The molecule has 4 N–H and O–H groups in total. The number of benzene rings is 1. The van der Waals surface area contributed by atoms with Crippen LogP contribution < -0.4 is 5.73 Å². The number of carboxylic acids is 1. The van der Waals surface area contributed by atoms with Crippen molar-refractivity contribution in [3.63, 3.8) is 0 Å². The van der Waals surface area contributed by atoms with Crippen molar-refractivity contribution < 1.29 is 19.4 Å². The van der Waals surface area contributed by atoms with E-state index in [4.69, 9.17) is 15.9 Å². The Morgan fingerprint density at radius 1 is 1.50 bits per heavy atom. The molecule has 0 unspecified atom stereocenters. The largest absolute Gasteiger partial charge is 0.507 e. The molecule has 0 saturated heterocycles. The maximum absolute atomic E-state index is 12.7. The number of hydrogen-bond donors (Lipinski definition) is 3. The highest BCUT2D eigenvalue weighted by Gasteiger charge is 2.15. The van der Waals surface area contributed by atoms with Crippen molar-refractivity contribution in [2.24, 2.45) is 0 Å². The number of nitrogens with two attached hydrogens (primary N) is 1. The van der Waals surface area contributed by atoms with E-state index in [9.17, 15) is 9.18 Å². The molecule has 0 aliphatic rings. The molecule has 0 atom stereocenters. The van der Waals surface area contributed by atoms with E-state index in [1.807, 2.05) is 0 Å². The van der Waals surface area contributed by atoms with E-state index in [2.05, 4.69) is 0 Å². The predicted octanol–water partition coefficient (Wildman–Crippen LogP) is 0.812. The molecule has 0 heterocycles. The smallest absolute Gasteiger partial charge is 0.342 e. The van der Waals surface area contributed by atoms with Crippen LogP contribution in [0.3, 0.4) is 0 Å². The van der Waals surface area contributed by atoms with Gasteiger partial charge in [0, 0.05) is 11.8 Å². The molecule has 4 nitrogen and oxygen atoms in total. The molecule has 0 aliphatic heterocycles. The van der Waals surface area contributed by atoms with Gasteiger partial charge in [-0.3, -0.25) is 0 Å². The normalized spacial score (nSPS) is 9.75. The van der Waals surface area contributed by atoms with E-state index in [0.717, 1.165) is 12.1 Å². The number of halogens is 1. The monoisotopic (exact) mass is 171 g/mol. The van der Waals surface area contributed by atoms with Crippen molar-refractivity contribution in [3.05, 3.63) is 23.5 Å². The molecule has 0 aromatic heterocycles. The fourth-order valence-corrected chi connectivity index (χ4v) is 0.824. The van der Waals surface area contributed by atoms with Gasteiger partial charge in [-0.1, -0.05) is 0 Å². The molecular formula is C7H6FNO3. The van der Waals surface area contributed by atoms with Crippen LogP contribution >= 0.6 is 0 Å². The summed E-state index contributed by atoms with van der Waals surface area (Å²) in [6, 6.07) is 1.82. The van der Waals surface area contributed by atoms with Gasteiger partial charge in [-0.25, -0.2) is 9.18 Å². The van der Waals surface area contributed by atoms with Crippen molar-refractivity contribution in [2.75, 3.05) is 5.73 Å². The zero-order chi connectivity index (χ0) is 9.30. The number of aromatic carboxylic acids is 1. The minimum absolute atomic E-state index is 0.0185. The summed E-state index contributed by atoms with van der Waals surface area (Å²) < 4.78 is 12.7. The average molecular weight is 171 g/mol. The Morgan fingerprint density at radius 2 is 2.08 bits per heavy atom. The minimum atomic E-state index is -1.52. The maximum Gasteiger partial charge on any atom is 0.342 e. The van der Waals surface area contributed by atoms with E-state index >= 15 is 0 Å². The first kappa shape index (κ1) is 8.32. The molecular weight excluding hydrogens is 165 g/mol. The fourth-order valence-electron chi connectivity index (χ4n) is 0.824. The minimum Gasteiger partial charge on any atom is -0.507 e. The predicted molar refractivity (Wildman–Crippen MR) is 39.4 cm³/mol. The highest BCUT2D eigenvalue weighted by Crippen LogP contribution is 2.23. The lowest BCUT2D eigenvalue weighted by atomic mass is 10.1. The molecule has 12 heavy (non-hydrogen) atoms. The number of carbonyl (C=O) groups is 1. The van der Waals surface area contributed by atoms with E-state index in [0.29, 0.717) is 0 Å². The van der Waals surface area contributed by atoms with Crippen molar-refractivity contribution in [1.82, 2.24) is 0 Å². The molecule has 0 bridgehead atoms. The Morgan fingerprint density at radius 3 is 2.50 bits per heavy atom. The third kappa shape index (κ3) is 1.29. The lowest BCUT2D eigenvalue weighted by Gasteiger charge is -2.01. The Balaban J connectivity index is 3.38. The summed E-state index contributed by atoms with van der Waals surface area (Å²) in [5.74, 6) is -3.23. The molecule has 5 heteroatoms. The summed E-state index contributed by atoms with van der Waals surface area (Å²) in [7, 11) is 0. The van der Waals surface area contributed by atoms with Gasteiger partial charge in [-0.15, -0.1) is 0 Å². The Bertz CT molecular complexity index is 314. The summed E-state index contributed by atoms with van der Waals surface area (Å²) in [4.78, 5) is 10.3. The summed E-state index contributed by atoms with van der Waals surface area (Å²) in [5.41, 5.74) is 4.36. The van der Waals surface area contributed by atoms with Gasteiger partial charge in [-0.2, -0.15) is 0 Å². The first-order valence-corrected chi connectivity index (χ1v) is 3.03. The third-order valence-electron chi connectivity index (χ3n) is 1.31. The SMILES string of the molecule is Nc1cc(O)c(C(=O)O)c(F)c1. The second-order valence-corrected chi connectivity index (χ2v) is 2.20. The molecule has 0 aliphatic carbocycles. The molecule has 0 amide bonds. The van der Waals surface area contributed by atoms with Crippen LogP contribution in [0.4, 0.5) is 10.1 Å². The molecule has 0 fully saturated rings. The molecule has 1 aromatic rings. The van der Waals surface area contributed by atoms with Crippen LogP contribution in [0, 0.1) is 5.82 Å². The summed E-state index contributed by atoms with van der Waals surface area (Å²) in [6.45, 7) is 0. The van der Waals surface area contributed by atoms with E-state index in [-0.39, 0.29) is 5.69 Å². The van der Waals surface area contributed by atoms with Crippen LogP contribution in [0.5, 0.6) is 5.75 Å². The van der Waals surface area contributed by atoms with Crippen LogP contribution in [-0.2, 0) is 0 Å². The molecule has 1 aromatic carbocycles. The number of hydrogen-bond acceptors (Lipinski definition) is 3. The number of aromatic hydroxyl groups is 1. The first-order valence-electron chi connectivity index (χ1n) is 3.03. The fraction of sp³-hybridized carbons (Fsp3) is 0. The van der Waals surface area contributed by atoms with E-state index in [1.54, 1.807) is 0 Å². The highest BCUT2D eigenvalue weighted by molar-refractivity contribution is 5.91. The van der Waals surface area contributed by atoms with Gasteiger partial charge in [0.25, 0.3) is 0 Å². The van der Waals surface area contributed by atoms with Gasteiger partial charge < -0.3 is 15.9 Å². The lowest BCUT2D eigenvalue weighted by Crippen LogP contribution is -2.02. The lowest BCUT2D eigenvalue weighted by molar-refractivity contribution is 0.0688.